The predicted molar refractivity (Wildman–Crippen MR) is 97.7 cm³/mol. The van der Waals surface area contributed by atoms with Gasteiger partial charge in [0.1, 0.15) is 29.0 Å². The molecule has 0 heterocycles. The maximum atomic E-state index is 12.2. The fourth-order valence-corrected chi connectivity index (χ4v) is 2.10. The molecule has 6 heteroatoms. The zero-order valence-corrected chi connectivity index (χ0v) is 14.4. The van der Waals surface area contributed by atoms with Gasteiger partial charge in [-0.3, -0.25) is 0 Å². The van der Waals surface area contributed by atoms with E-state index in [0.29, 0.717) is 11.1 Å². The fourth-order valence-electron chi connectivity index (χ4n) is 2.10. The second kappa shape index (κ2) is 9.36. The Hall–Kier alpha value is -4.16. The number of esters is 2. The lowest BCUT2D eigenvalue weighted by Crippen LogP contribution is -2.10. The summed E-state index contributed by atoms with van der Waals surface area (Å²) < 4.78 is 9.74. The van der Waals surface area contributed by atoms with Gasteiger partial charge in [0, 0.05) is 0 Å². The second-order valence-electron chi connectivity index (χ2n) is 5.20. The first-order chi connectivity index (χ1) is 13.1. The van der Waals surface area contributed by atoms with Gasteiger partial charge in [-0.15, -0.1) is 0 Å². The lowest BCUT2D eigenvalue weighted by molar-refractivity contribution is -0.135. The largest absolute Gasteiger partial charge is 0.465 e. The van der Waals surface area contributed by atoms with Crippen molar-refractivity contribution in [2.75, 3.05) is 7.11 Å². The Morgan fingerprint density at radius 3 is 2.07 bits per heavy atom. The van der Waals surface area contributed by atoms with Gasteiger partial charge in [0.25, 0.3) is 0 Å². The van der Waals surface area contributed by atoms with Crippen molar-refractivity contribution in [2.24, 2.45) is 0 Å². The molecular weight excluding hydrogens is 344 g/mol. The van der Waals surface area contributed by atoms with Crippen LogP contribution in [-0.2, 0) is 14.3 Å². The van der Waals surface area contributed by atoms with Crippen molar-refractivity contribution in [1.29, 1.82) is 10.5 Å². The van der Waals surface area contributed by atoms with E-state index in [1.54, 1.807) is 42.5 Å². The van der Waals surface area contributed by atoms with Crippen LogP contribution in [0.25, 0.3) is 12.2 Å². The minimum absolute atomic E-state index is 0.158. The molecule has 0 saturated carbocycles. The number of nitriles is 2. The van der Waals surface area contributed by atoms with Crippen molar-refractivity contribution in [3.05, 3.63) is 76.9 Å². The van der Waals surface area contributed by atoms with Gasteiger partial charge in [-0.05, 0) is 35.4 Å². The highest BCUT2D eigenvalue weighted by molar-refractivity contribution is 5.99. The van der Waals surface area contributed by atoms with Crippen molar-refractivity contribution < 1.29 is 19.1 Å². The highest BCUT2D eigenvalue weighted by atomic mass is 16.5. The van der Waals surface area contributed by atoms with Gasteiger partial charge in [-0.1, -0.05) is 42.5 Å². The Morgan fingerprint density at radius 2 is 1.44 bits per heavy atom. The number of methoxy groups -OCH3 is 1. The van der Waals surface area contributed by atoms with Gasteiger partial charge < -0.3 is 9.47 Å². The molecule has 0 atom stereocenters. The summed E-state index contributed by atoms with van der Waals surface area (Å²) in [5, 5.41) is 18.2. The van der Waals surface area contributed by atoms with E-state index in [2.05, 4.69) is 4.74 Å². The third-order valence-electron chi connectivity index (χ3n) is 3.36. The standard InChI is InChI=1S/C21H14N2O4/c1-26-20(24)17(13-22)11-16-8-5-9-19(12-16)27-21(25)18(14-23)10-15-6-3-2-4-7-15/h2-12H,1H3/b17-11+,18-10+. The quantitative estimate of drug-likeness (QED) is 0.352. The average Bonchev–Trinajstić information content (AvgIpc) is 2.70. The number of nitrogens with zero attached hydrogens (tertiary/aromatic N) is 2. The zero-order valence-electron chi connectivity index (χ0n) is 14.4. The molecule has 0 saturated heterocycles. The molecule has 0 fully saturated rings. The molecule has 0 aliphatic rings. The molecule has 2 aromatic carbocycles. The Bertz CT molecular complexity index is 993. The summed E-state index contributed by atoms with van der Waals surface area (Å²) in [6.45, 7) is 0. The number of rotatable bonds is 5. The van der Waals surface area contributed by atoms with Crippen LogP contribution in [0.4, 0.5) is 0 Å². The zero-order chi connectivity index (χ0) is 19.6. The maximum absolute atomic E-state index is 12.2. The van der Waals surface area contributed by atoms with E-state index in [4.69, 9.17) is 10.00 Å². The summed E-state index contributed by atoms with van der Waals surface area (Å²) in [6.07, 6.45) is 2.74. The highest BCUT2D eigenvalue weighted by Gasteiger charge is 2.13. The summed E-state index contributed by atoms with van der Waals surface area (Å²) >= 11 is 0. The molecule has 0 aromatic heterocycles. The van der Waals surface area contributed by atoms with Gasteiger partial charge in [0.15, 0.2) is 0 Å². The number of hydrogen-bond acceptors (Lipinski definition) is 6. The van der Waals surface area contributed by atoms with E-state index in [0.717, 1.165) is 0 Å². The average molecular weight is 358 g/mol. The van der Waals surface area contributed by atoms with Crippen LogP contribution < -0.4 is 4.74 Å². The Balaban J connectivity index is 2.23. The molecule has 6 nitrogen and oxygen atoms in total. The lowest BCUT2D eigenvalue weighted by Gasteiger charge is -2.05. The first-order valence-electron chi connectivity index (χ1n) is 7.76. The molecule has 27 heavy (non-hydrogen) atoms. The highest BCUT2D eigenvalue weighted by Crippen LogP contribution is 2.18. The molecule has 0 amide bonds. The van der Waals surface area contributed by atoms with Crippen molar-refractivity contribution in [3.8, 4) is 17.9 Å². The molecule has 0 radical (unpaired) electrons. The van der Waals surface area contributed by atoms with Crippen LogP contribution in [0.15, 0.2) is 65.7 Å². The maximum Gasteiger partial charge on any atom is 0.354 e. The third-order valence-corrected chi connectivity index (χ3v) is 3.36. The molecular formula is C21H14N2O4. The molecule has 2 rings (SSSR count). The third kappa shape index (κ3) is 5.42. The molecule has 0 unspecified atom stereocenters. The minimum atomic E-state index is -0.809. The topological polar surface area (TPSA) is 100 Å². The van der Waals surface area contributed by atoms with Crippen LogP contribution in [0.3, 0.4) is 0 Å². The monoisotopic (exact) mass is 358 g/mol. The predicted octanol–water partition coefficient (Wildman–Crippen LogP) is 3.28. The van der Waals surface area contributed by atoms with Crippen LogP contribution in [0.2, 0.25) is 0 Å². The number of hydrogen-bond donors (Lipinski definition) is 0. The molecule has 132 valence electrons. The van der Waals surface area contributed by atoms with E-state index < -0.39 is 11.9 Å². The van der Waals surface area contributed by atoms with Gasteiger partial charge >= 0.3 is 11.9 Å². The number of ether oxygens (including phenoxy) is 2. The molecule has 2 aromatic rings. The second-order valence-corrected chi connectivity index (χ2v) is 5.20. The molecule has 0 N–H and O–H groups in total. The van der Waals surface area contributed by atoms with Gasteiger partial charge in [-0.2, -0.15) is 10.5 Å². The molecule has 0 spiro atoms. The first kappa shape index (κ1) is 19.2. The number of carbonyl (C=O) groups is 2. The van der Waals surface area contributed by atoms with Crippen molar-refractivity contribution in [3.63, 3.8) is 0 Å². The smallest absolute Gasteiger partial charge is 0.354 e. The van der Waals surface area contributed by atoms with Crippen LogP contribution in [0, 0.1) is 22.7 Å². The summed E-state index contributed by atoms with van der Waals surface area (Å²) in [5.41, 5.74) is 0.810. The summed E-state index contributed by atoms with van der Waals surface area (Å²) in [4.78, 5) is 23.7. The Labute approximate surface area is 156 Å². The number of carbonyl (C=O) groups excluding carboxylic acids is 2. The Morgan fingerprint density at radius 1 is 0.852 bits per heavy atom. The minimum Gasteiger partial charge on any atom is -0.465 e. The van der Waals surface area contributed by atoms with E-state index in [1.807, 2.05) is 12.1 Å². The normalized spacial score (nSPS) is 11.1. The van der Waals surface area contributed by atoms with E-state index in [-0.39, 0.29) is 16.9 Å². The van der Waals surface area contributed by atoms with Gasteiger partial charge in [0.2, 0.25) is 0 Å². The fraction of sp³-hybridized carbons (Fsp3) is 0.0476. The van der Waals surface area contributed by atoms with Crippen molar-refractivity contribution >= 4 is 24.1 Å². The van der Waals surface area contributed by atoms with E-state index >= 15 is 0 Å². The van der Waals surface area contributed by atoms with Crippen LogP contribution >= 0.6 is 0 Å². The molecule has 0 aliphatic heterocycles. The first-order valence-corrected chi connectivity index (χ1v) is 7.76. The van der Waals surface area contributed by atoms with Gasteiger partial charge in [-0.25, -0.2) is 9.59 Å². The van der Waals surface area contributed by atoms with E-state index in [1.165, 1.54) is 31.4 Å². The number of benzene rings is 2. The van der Waals surface area contributed by atoms with Gasteiger partial charge in [0.05, 0.1) is 7.11 Å². The summed E-state index contributed by atoms with van der Waals surface area (Å²) in [5.74, 6) is -1.40. The van der Waals surface area contributed by atoms with Crippen molar-refractivity contribution in [1.82, 2.24) is 0 Å². The molecule has 0 bridgehead atoms. The van der Waals surface area contributed by atoms with Crippen LogP contribution in [-0.4, -0.2) is 19.0 Å². The lowest BCUT2D eigenvalue weighted by atomic mass is 10.1. The van der Waals surface area contributed by atoms with Crippen LogP contribution in [0.1, 0.15) is 11.1 Å². The molecule has 0 aliphatic carbocycles. The SMILES string of the molecule is COC(=O)/C(C#N)=C/c1cccc(OC(=O)/C(C#N)=C/c2ccccc2)c1. The van der Waals surface area contributed by atoms with E-state index in [9.17, 15) is 14.9 Å². The summed E-state index contributed by atoms with van der Waals surface area (Å²) in [6, 6.07) is 18.7. The summed E-state index contributed by atoms with van der Waals surface area (Å²) in [7, 11) is 1.17. The van der Waals surface area contributed by atoms with Crippen LogP contribution in [0.5, 0.6) is 5.75 Å². The Kier molecular flexibility index (Phi) is 6.64. The van der Waals surface area contributed by atoms with Crippen molar-refractivity contribution in [2.45, 2.75) is 0 Å².